The lowest BCUT2D eigenvalue weighted by Crippen LogP contribution is -2.67. The van der Waals surface area contributed by atoms with E-state index in [1.54, 1.807) is 23.1 Å². The molecule has 0 heterocycles. The minimum Gasteiger partial charge on any atom is -0.493 e. The van der Waals surface area contributed by atoms with Crippen molar-refractivity contribution in [3.63, 3.8) is 0 Å². The lowest BCUT2D eigenvalue weighted by atomic mass is 9.32. The number of carbonyl (C=O) groups excluding carboxylic acids is 2. The molecule has 3 fully saturated rings. The Morgan fingerprint density at radius 3 is 2.16 bits per heavy atom. The van der Waals surface area contributed by atoms with Crippen molar-refractivity contribution in [1.29, 1.82) is 0 Å². The Labute approximate surface area is 372 Å². The highest BCUT2D eigenvalue weighted by molar-refractivity contribution is 6.14. The van der Waals surface area contributed by atoms with Crippen molar-refractivity contribution in [1.82, 2.24) is 4.90 Å². The van der Waals surface area contributed by atoms with Crippen LogP contribution in [-0.2, 0) is 17.8 Å². The van der Waals surface area contributed by atoms with Gasteiger partial charge in [-0.2, -0.15) is 0 Å². The third kappa shape index (κ3) is 7.05. The van der Waals surface area contributed by atoms with Crippen LogP contribution >= 0.6 is 0 Å². The summed E-state index contributed by atoms with van der Waals surface area (Å²) in [5.74, 6) is 0.160. The van der Waals surface area contributed by atoms with E-state index in [1.807, 2.05) is 54.6 Å². The Hall–Kier alpha value is -5.39. The number of amides is 1. The molecular weight excluding hydrogens is 820 g/mol. The molecule has 2 N–H and O–H groups in total. The molecule has 6 aliphatic carbocycles. The van der Waals surface area contributed by atoms with E-state index < -0.39 is 34.3 Å². The zero-order valence-corrected chi connectivity index (χ0v) is 36.8. The van der Waals surface area contributed by atoms with E-state index in [0.29, 0.717) is 60.3 Å². The van der Waals surface area contributed by atoms with Gasteiger partial charge in [-0.05, 0) is 109 Å². The SMILES string of the molecule is COc1ccc(CC(=O)N(Cc2ccc(OC(F)(F)F)cc2)CC2(O)CCC3C45C=CC6(C=C4C(=O)c4ccccc4-c4ccccc4)CC(O)CCC6(C)C5CCC32C)cc1OC. The van der Waals surface area contributed by atoms with Gasteiger partial charge in [0.05, 0.1) is 38.9 Å². The molecule has 2 spiro atoms. The molecule has 0 radical (unpaired) electrons. The largest absolute Gasteiger partial charge is 0.573 e. The number of carbonyl (C=O) groups is 2. The molecule has 64 heavy (non-hydrogen) atoms. The molecule has 8 nitrogen and oxygen atoms in total. The molecule has 2 bridgehead atoms. The number of allylic oxidation sites excluding steroid dienone is 4. The van der Waals surface area contributed by atoms with Crippen LogP contribution in [0, 0.1) is 33.5 Å². The average Bonchev–Trinajstić information content (AvgIpc) is 3.55. The van der Waals surface area contributed by atoms with Crippen LogP contribution in [0.3, 0.4) is 0 Å². The van der Waals surface area contributed by atoms with Crippen molar-refractivity contribution in [2.75, 3.05) is 20.8 Å². The van der Waals surface area contributed by atoms with Crippen LogP contribution < -0.4 is 14.2 Å². The molecule has 4 aromatic rings. The van der Waals surface area contributed by atoms with Gasteiger partial charge >= 0.3 is 6.36 Å². The van der Waals surface area contributed by atoms with Crippen LogP contribution in [0.5, 0.6) is 17.2 Å². The maximum absolute atomic E-state index is 15.6. The Morgan fingerprint density at radius 1 is 0.781 bits per heavy atom. The van der Waals surface area contributed by atoms with Gasteiger partial charge < -0.3 is 29.3 Å². The number of benzene rings is 4. The number of hydrogen-bond donors (Lipinski definition) is 2. The Balaban J connectivity index is 1.10. The van der Waals surface area contributed by atoms with E-state index >= 15 is 4.79 Å². The van der Waals surface area contributed by atoms with E-state index in [9.17, 15) is 28.2 Å². The number of Topliss-reactive ketones (excluding diaryl/α,β-unsaturated/α-hetero) is 1. The quantitative estimate of drug-likeness (QED) is 0.108. The number of aliphatic hydroxyl groups excluding tert-OH is 1. The van der Waals surface area contributed by atoms with Gasteiger partial charge in [0.2, 0.25) is 5.91 Å². The van der Waals surface area contributed by atoms with Gasteiger partial charge in [-0.15, -0.1) is 13.2 Å². The van der Waals surface area contributed by atoms with Gasteiger partial charge in [-0.1, -0.05) is 105 Å². The Morgan fingerprint density at radius 2 is 1.44 bits per heavy atom. The number of aliphatic hydroxyl groups is 2. The first-order chi connectivity index (χ1) is 30.5. The maximum atomic E-state index is 15.6. The van der Waals surface area contributed by atoms with Gasteiger partial charge in [0.1, 0.15) is 5.75 Å². The molecule has 4 aromatic carbocycles. The van der Waals surface area contributed by atoms with Crippen LogP contribution in [0.25, 0.3) is 11.1 Å². The molecule has 10 rings (SSSR count). The number of fused-ring (bicyclic) bond motifs is 1. The first-order valence-electron chi connectivity index (χ1n) is 22.3. The summed E-state index contributed by atoms with van der Waals surface area (Å²) < 4.78 is 54.3. The number of nitrogens with zero attached hydrogens (tertiary/aromatic N) is 1. The molecule has 3 saturated carbocycles. The predicted molar refractivity (Wildman–Crippen MR) is 237 cm³/mol. The fourth-order valence-electron chi connectivity index (χ4n) is 13.1. The van der Waals surface area contributed by atoms with Gasteiger partial charge in [0.25, 0.3) is 0 Å². The molecule has 6 aliphatic rings. The van der Waals surface area contributed by atoms with Crippen molar-refractivity contribution in [2.24, 2.45) is 33.5 Å². The third-order valence-corrected chi connectivity index (χ3v) is 16.4. The Bertz CT molecular complexity index is 2500. The molecule has 0 aromatic heterocycles. The smallest absolute Gasteiger partial charge is 0.493 e. The predicted octanol–water partition coefficient (Wildman–Crippen LogP) is 10.3. The van der Waals surface area contributed by atoms with Crippen LogP contribution in [0.1, 0.15) is 80.3 Å². The fraction of sp³-hybridized carbons (Fsp3) is 0.434. The highest BCUT2D eigenvalue weighted by Crippen LogP contribution is 2.78. The molecule has 8 atom stereocenters. The lowest BCUT2D eigenvalue weighted by Gasteiger charge is -2.71. The Kier molecular flexibility index (Phi) is 10.9. The zero-order valence-electron chi connectivity index (χ0n) is 36.8. The highest BCUT2D eigenvalue weighted by Gasteiger charge is 2.74. The normalized spacial score (nSPS) is 31.3. The van der Waals surface area contributed by atoms with Crippen molar-refractivity contribution in [3.05, 3.63) is 138 Å². The zero-order chi connectivity index (χ0) is 45.3. The first-order valence-corrected chi connectivity index (χ1v) is 22.3. The first kappa shape index (κ1) is 43.8. The molecule has 8 unspecified atom stereocenters. The van der Waals surface area contributed by atoms with Gasteiger partial charge in [0, 0.05) is 33.9 Å². The number of ketones is 1. The van der Waals surface area contributed by atoms with Crippen LogP contribution in [-0.4, -0.2) is 65.6 Å². The van der Waals surface area contributed by atoms with Gasteiger partial charge in [0.15, 0.2) is 17.3 Å². The summed E-state index contributed by atoms with van der Waals surface area (Å²) >= 11 is 0. The standard InChI is InChI=1S/C53H56F3NO7/c1-48-23-20-37(58)30-50(48)26-27-52(41(31-50)47(60)40-13-9-8-12-39(40)36-10-6-5-7-11-36)44(48)21-24-49(2)45(52)22-25-51(49,61)33-57(32-34-14-17-38(18-15-34)64-53(54,55)56)46(59)29-35-16-19-42(62-3)43(28-35)63-4/h5-19,26-28,31,37,44-45,58,61H,20-25,29-30,32-33H2,1-4H3. The average molecular weight is 876 g/mol. The molecule has 336 valence electrons. The van der Waals surface area contributed by atoms with Crippen molar-refractivity contribution < 1.29 is 47.2 Å². The van der Waals surface area contributed by atoms with Crippen LogP contribution in [0.4, 0.5) is 13.2 Å². The lowest BCUT2D eigenvalue weighted by molar-refractivity contribution is -0.274. The van der Waals surface area contributed by atoms with E-state index in [0.717, 1.165) is 29.5 Å². The van der Waals surface area contributed by atoms with Gasteiger partial charge in [-0.3, -0.25) is 9.59 Å². The number of ether oxygens (including phenoxy) is 3. The molecule has 1 amide bonds. The monoisotopic (exact) mass is 875 g/mol. The molecule has 11 heteroatoms. The summed E-state index contributed by atoms with van der Waals surface area (Å²) in [4.78, 5) is 31.9. The van der Waals surface area contributed by atoms with E-state index in [4.69, 9.17) is 9.47 Å². The van der Waals surface area contributed by atoms with Crippen molar-refractivity contribution >= 4 is 11.7 Å². The number of halogens is 3. The summed E-state index contributed by atoms with van der Waals surface area (Å²) in [5.41, 5.74) is 0.716. The number of alkyl halides is 3. The second kappa shape index (κ2) is 15.9. The summed E-state index contributed by atoms with van der Waals surface area (Å²) in [6, 6.07) is 28.4. The summed E-state index contributed by atoms with van der Waals surface area (Å²) in [6.45, 7) is 4.47. The summed E-state index contributed by atoms with van der Waals surface area (Å²) in [5, 5.41) is 24.6. The number of methoxy groups -OCH3 is 2. The molecule has 0 aliphatic heterocycles. The van der Waals surface area contributed by atoms with Crippen molar-refractivity contribution in [2.45, 2.75) is 89.8 Å². The molecular formula is C53H56F3NO7. The van der Waals surface area contributed by atoms with E-state index in [-0.39, 0.29) is 54.2 Å². The third-order valence-electron chi connectivity index (χ3n) is 16.4. The van der Waals surface area contributed by atoms with Crippen LogP contribution in [0.2, 0.25) is 0 Å². The highest BCUT2D eigenvalue weighted by atomic mass is 19.4. The summed E-state index contributed by atoms with van der Waals surface area (Å²) in [6.07, 6.45) is 5.79. The van der Waals surface area contributed by atoms with E-state index in [1.165, 1.54) is 38.5 Å². The van der Waals surface area contributed by atoms with Crippen LogP contribution in [0.15, 0.2) is 121 Å². The topological polar surface area (TPSA) is 106 Å². The van der Waals surface area contributed by atoms with E-state index in [2.05, 4.69) is 36.8 Å². The minimum absolute atomic E-state index is 0.0258. The second-order valence-electron chi connectivity index (χ2n) is 19.4. The number of rotatable bonds is 12. The molecule has 0 saturated heterocycles. The fourth-order valence-corrected chi connectivity index (χ4v) is 13.1. The summed E-state index contributed by atoms with van der Waals surface area (Å²) in [7, 11) is 3.05. The van der Waals surface area contributed by atoms with Gasteiger partial charge in [-0.25, -0.2) is 0 Å². The van der Waals surface area contributed by atoms with Crippen molar-refractivity contribution in [3.8, 4) is 28.4 Å². The second-order valence-corrected chi connectivity index (χ2v) is 19.4. The minimum atomic E-state index is -4.85. The maximum Gasteiger partial charge on any atom is 0.573 e. The number of hydrogen-bond acceptors (Lipinski definition) is 7.